The van der Waals surface area contributed by atoms with Gasteiger partial charge >= 0.3 is 0 Å². The number of hydrogen-bond acceptors (Lipinski definition) is 5. The van der Waals surface area contributed by atoms with Gasteiger partial charge in [0, 0.05) is 12.4 Å². The SMILES string of the molecule is Nc1c(Cl)ncnc1Sc1ncc[nH]1. The van der Waals surface area contributed by atoms with E-state index >= 15 is 0 Å². The normalized spacial score (nSPS) is 10.4. The lowest BCUT2D eigenvalue weighted by Crippen LogP contribution is -1.95. The van der Waals surface area contributed by atoms with Crippen molar-refractivity contribution in [2.45, 2.75) is 10.2 Å². The minimum Gasteiger partial charge on any atom is -0.394 e. The molecule has 0 aromatic carbocycles. The first kappa shape index (κ1) is 9.29. The number of nitrogen functional groups attached to an aromatic ring is 1. The van der Waals surface area contributed by atoms with Crippen LogP contribution in [0.2, 0.25) is 5.15 Å². The van der Waals surface area contributed by atoms with Gasteiger partial charge in [0.1, 0.15) is 17.0 Å². The molecule has 0 atom stereocenters. The van der Waals surface area contributed by atoms with Gasteiger partial charge < -0.3 is 10.7 Å². The van der Waals surface area contributed by atoms with Gasteiger partial charge in [0.25, 0.3) is 0 Å². The van der Waals surface area contributed by atoms with Crippen LogP contribution in [0.3, 0.4) is 0 Å². The Hall–Kier alpha value is -1.27. The van der Waals surface area contributed by atoms with Gasteiger partial charge in [0.15, 0.2) is 10.3 Å². The summed E-state index contributed by atoms with van der Waals surface area (Å²) in [6.07, 6.45) is 4.74. The van der Waals surface area contributed by atoms with Gasteiger partial charge in [-0.25, -0.2) is 15.0 Å². The minimum atomic E-state index is 0.258. The second-order valence-corrected chi connectivity index (χ2v) is 3.72. The van der Waals surface area contributed by atoms with Crippen LogP contribution in [0, 0.1) is 0 Å². The number of imidazole rings is 1. The highest BCUT2D eigenvalue weighted by atomic mass is 35.5. The number of nitrogens with two attached hydrogens (primary N) is 1. The maximum atomic E-state index is 5.73. The van der Waals surface area contributed by atoms with E-state index in [-0.39, 0.29) is 5.15 Å². The number of nitrogens with zero attached hydrogens (tertiary/aromatic N) is 3. The van der Waals surface area contributed by atoms with Crippen LogP contribution in [0.15, 0.2) is 28.9 Å². The summed E-state index contributed by atoms with van der Waals surface area (Å²) in [6.45, 7) is 0. The minimum absolute atomic E-state index is 0.258. The molecule has 2 rings (SSSR count). The summed E-state index contributed by atoms with van der Waals surface area (Å²) in [4.78, 5) is 14.7. The van der Waals surface area contributed by atoms with E-state index in [1.165, 1.54) is 18.1 Å². The van der Waals surface area contributed by atoms with E-state index in [0.29, 0.717) is 15.9 Å². The summed E-state index contributed by atoms with van der Waals surface area (Å²) in [7, 11) is 0. The smallest absolute Gasteiger partial charge is 0.171 e. The third-order valence-electron chi connectivity index (χ3n) is 1.47. The lowest BCUT2D eigenvalue weighted by Gasteiger charge is -2.01. The molecule has 0 unspecified atom stereocenters. The summed E-state index contributed by atoms with van der Waals surface area (Å²) in [5.74, 6) is 0. The Morgan fingerprint density at radius 1 is 1.36 bits per heavy atom. The second kappa shape index (κ2) is 3.85. The number of aromatic nitrogens is 4. The van der Waals surface area contributed by atoms with Crippen molar-refractivity contribution >= 4 is 29.1 Å². The first-order valence-electron chi connectivity index (χ1n) is 3.70. The van der Waals surface area contributed by atoms with Crippen molar-refractivity contribution in [2.24, 2.45) is 0 Å². The Labute approximate surface area is 89.1 Å². The van der Waals surface area contributed by atoms with Gasteiger partial charge in [-0.15, -0.1) is 0 Å². The first-order valence-corrected chi connectivity index (χ1v) is 4.90. The molecule has 0 aliphatic heterocycles. The second-order valence-electron chi connectivity index (χ2n) is 2.38. The molecule has 0 bridgehead atoms. The summed E-state index contributed by atoms with van der Waals surface area (Å²) in [6, 6.07) is 0. The molecule has 0 saturated carbocycles. The lowest BCUT2D eigenvalue weighted by molar-refractivity contribution is 1.02. The van der Waals surface area contributed by atoms with Gasteiger partial charge in [-0.1, -0.05) is 11.6 Å². The van der Waals surface area contributed by atoms with Crippen LogP contribution >= 0.6 is 23.4 Å². The number of nitrogens with one attached hydrogen (secondary N) is 1. The van der Waals surface area contributed by atoms with Crippen LogP contribution in [-0.2, 0) is 0 Å². The van der Waals surface area contributed by atoms with Gasteiger partial charge in [-0.05, 0) is 11.8 Å². The fourth-order valence-electron chi connectivity index (χ4n) is 0.839. The molecule has 5 nitrogen and oxygen atoms in total. The topological polar surface area (TPSA) is 80.5 Å². The molecule has 0 aliphatic carbocycles. The van der Waals surface area contributed by atoms with E-state index in [1.54, 1.807) is 12.4 Å². The average Bonchev–Trinajstić information content (AvgIpc) is 2.66. The molecule has 0 fully saturated rings. The molecule has 0 amide bonds. The highest BCUT2D eigenvalue weighted by molar-refractivity contribution is 7.99. The fraction of sp³-hybridized carbons (Fsp3) is 0. The molecular weight excluding hydrogens is 222 g/mol. The number of aromatic amines is 1. The Morgan fingerprint density at radius 3 is 2.93 bits per heavy atom. The molecule has 7 heteroatoms. The highest BCUT2D eigenvalue weighted by Crippen LogP contribution is 2.30. The lowest BCUT2D eigenvalue weighted by atomic mass is 10.6. The molecule has 72 valence electrons. The third kappa shape index (κ3) is 1.80. The molecule has 2 aromatic rings. The van der Waals surface area contributed by atoms with E-state index in [1.807, 2.05) is 0 Å². The van der Waals surface area contributed by atoms with E-state index in [4.69, 9.17) is 17.3 Å². The zero-order chi connectivity index (χ0) is 9.97. The molecule has 0 aliphatic rings. The summed E-state index contributed by atoms with van der Waals surface area (Å²) in [5, 5.41) is 1.57. The molecule has 14 heavy (non-hydrogen) atoms. The Morgan fingerprint density at radius 2 is 2.21 bits per heavy atom. The van der Waals surface area contributed by atoms with Crippen molar-refractivity contribution in [3.8, 4) is 0 Å². The average molecular weight is 228 g/mol. The summed E-state index contributed by atoms with van der Waals surface area (Å²) in [5.41, 5.74) is 6.05. The van der Waals surface area contributed by atoms with Crippen LogP contribution in [0.1, 0.15) is 0 Å². The van der Waals surface area contributed by atoms with Crippen molar-refractivity contribution in [1.29, 1.82) is 0 Å². The molecule has 2 aromatic heterocycles. The largest absolute Gasteiger partial charge is 0.394 e. The van der Waals surface area contributed by atoms with Crippen LogP contribution in [-0.4, -0.2) is 19.9 Å². The van der Waals surface area contributed by atoms with Crippen molar-refractivity contribution < 1.29 is 0 Å². The number of hydrogen-bond donors (Lipinski definition) is 2. The molecule has 0 radical (unpaired) electrons. The zero-order valence-corrected chi connectivity index (χ0v) is 8.51. The molecule has 3 N–H and O–H groups in total. The van der Waals surface area contributed by atoms with Crippen LogP contribution in [0.4, 0.5) is 5.69 Å². The molecule has 0 spiro atoms. The van der Waals surface area contributed by atoms with Gasteiger partial charge in [-0.2, -0.15) is 0 Å². The van der Waals surface area contributed by atoms with Crippen molar-refractivity contribution in [3.05, 3.63) is 23.9 Å². The summed E-state index contributed by atoms with van der Waals surface area (Å²) >= 11 is 7.04. The molecular formula is C7H6ClN5S. The maximum absolute atomic E-state index is 5.73. The van der Waals surface area contributed by atoms with Crippen LogP contribution < -0.4 is 5.73 Å². The standard InChI is InChI=1S/C7H6ClN5S/c8-5-4(9)6(13-3-12-5)14-7-10-1-2-11-7/h1-3H,9H2,(H,10,11). The van der Waals surface area contributed by atoms with Gasteiger partial charge in [0.05, 0.1) is 0 Å². The predicted molar refractivity (Wildman–Crippen MR) is 54.2 cm³/mol. The number of H-pyrrole nitrogens is 1. The number of halogens is 1. The Bertz CT molecular complexity index is 430. The fourth-order valence-corrected chi connectivity index (χ4v) is 1.76. The Kier molecular flexibility index (Phi) is 2.55. The van der Waals surface area contributed by atoms with E-state index in [9.17, 15) is 0 Å². The van der Waals surface area contributed by atoms with E-state index < -0.39 is 0 Å². The highest BCUT2D eigenvalue weighted by Gasteiger charge is 2.08. The van der Waals surface area contributed by atoms with Crippen LogP contribution in [0.5, 0.6) is 0 Å². The van der Waals surface area contributed by atoms with Crippen molar-refractivity contribution in [2.75, 3.05) is 5.73 Å². The summed E-state index contributed by atoms with van der Waals surface area (Å²) < 4.78 is 0. The zero-order valence-electron chi connectivity index (χ0n) is 6.94. The maximum Gasteiger partial charge on any atom is 0.171 e. The molecule has 2 heterocycles. The third-order valence-corrected chi connectivity index (χ3v) is 2.70. The first-order chi connectivity index (χ1) is 6.77. The predicted octanol–water partition coefficient (Wildman–Crippen LogP) is 1.59. The Balaban J connectivity index is 2.29. The quantitative estimate of drug-likeness (QED) is 0.762. The van der Waals surface area contributed by atoms with E-state index in [2.05, 4.69) is 19.9 Å². The van der Waals surface area contributed by atoms with Crippen LogP contribution in [0.25, 0.3) is 0 Å². The van der Waals surface area contributed by atoms with Gasteiger partial charge in [0.2, 0.25) is 0 Å². The monoisotopic (exact) mass is 227 g/mol. The van der Waals surface area contributed by atoms with Crippen molar-refractivity contribution in [3.63, 3.8) is 0 Å². The van der Waals surface area contributed by atoms with Crippen molar-refractivity contribution in [1.82, 2.24) is 19.9 Å². The van der Waals surface area contributed by atoms with Gasteiger partial charge in [-0.3, -0.25) is 0 Å². The number of anilines is 1. The number of rotatable bonds is 2. The van der Waals surface area contributed by atoms with E-state index in [0.717, 1.165) is 0 Å². The molecule has 0 saturated heterocycles.